The molecule has 0 saturated heterocycles. The predicted molar refractivity (Wildman–Crippen MR) is 112 cm³/mol. The molecule has 0 aliphatic rings. The van der Waals surface area contributed by atoms with Gasteiger partial charge in [-0.15, -0.1) is 0 Å². The summed E-state index contributed by atoms with van der Waals surface area (Å²) in [6.07, 6.45) is 0. The van der Waals surface area contributed by atoms with Crippen molar-refractivity contribution in [2.24, 2.45) is 10.2 Å². The van der Waals surface area contributed by atoms with E-state index in [4.69, 9.17) is 0 Å². The van der Waals surface area contributed by atoms with Gasteiger partial charge < -0.3 is 0 Å². The zero-order valence-electron chi connectivity index (χ0n) is 15.0. The molecule has 0 unspecified atom stereocenters. The molecule has 0 spiro atoms. The van der Waals surface area contributed by atoms with Crippen LogP contribution in [0.1, 0.15) is 5.56 Å². The minimum absolute atomic E-state index is 0.566. The Labute approximate surface area is 159 Å². The van der Waals surface area contributed by atoms with Gasteiger partial charge in [-0.05, 0) is 46.0 Å². The normalized spacial score (nSPS) is 11.0. The van der Waals surface area contributed by atoms with Crippen molar-refractivity contribution in [3.63, 3.8) is 0 Å². The third-order valence-corrected chi connectivity index (χ3v) is 4.43. The molecule has 0 aliphatic heterocycles. The fourth-order valence-electron chi connectivity index (χ4n) is 3.06. The van der Waals surface area contributed by atoms with E-state index in [0.29, 0.717) is 6.54 Å². The molecule has 27 heavy (non-hydrogen) atoms. The summed E-state index contributed by atoms with van der Waals surface area (Å²) >= 11 is 0. The van der Waals surface area contributed by atoms with E-state index in [9.17, 15) is 0 Å². The van der Waals surface area contributed by atoms with Crippen LogP contribution in [0, 0.1) is 0 Å². The van der Waals surface area contributed by atoms with Crippen LogP contribution >= 0.6 is 0 Å². The number of hydrogen-bond acceptors (Lipinski definition) is 2. The summed E-state index contributed by atoms with van der Waals surface area (Å²) in [5, 5.41) is 8.82. The maximum atomic E-state index is 4.42. The van der Waals surface area contributed by atoms with Crippen molar-refractivity contribution in [1.82, 2.24) is 0 Å². The largest absolute Gasteiger partial charge is 0.184 e. The van der Waals surface area contributed by atoms with Crippen molar-refractivity contribution in [1.29, 1.82) is 0 Å². The highest BCUT2D eigenvalue weighted by atomic mass is 15.1. The molecule has 4 aromatic carbocycles. The molecular formula is C25H20N2. The maximum Gasteiger partial charge on any atom is 0.0858 e. The zero-order chi connectivity index (χ0) is 18.3. The fraction of sp³-hybridized carbons (Fsp3) is 0.0400. The van der Waals surface area contributed by atoms with Gasteiger partial charge in [0.25, 0.3) is 0 Å². The van der Waals surface area contributed by atoms with Crippen LogP contribution in [0.25, 0.3) is 22.3 Å². The zero-order valence-corrected chi connectivity index (χ0v) is 15.0. The molecule has 130 valence electrons. The summed E-state index contributed by atoms with van der Waals surface area (Å²) in [4.78, 5) is 0. The van der Waals surface area contributed by atoms with Gasteiger partial charge in [0.1, 0.15) is 0 Å². The third-order valence-electron chi connectivity index (χ3n) is 4.43. The summed E-state index contributed by atoms with van der Waals surface area (Å²) < 4.78 is 0. The van der Waals surface area contributed by atoms with Crippen molar-refractivity contribution in [3.8, 4) is 22.3 Å². The number of rotatable bonds is 5. The van der Waals surface area contributed by atoms with Crippen LogP contribution in [0.5, 0.6) is 0 Å². The molecule has 2 nitrogen and oxygen atoms in total. The van der Waals surface area contributed by atoms with Crippen LogP contribution in [0.4, 0.5) is 5.69 Å². The standard InChI is InChI=1S/C25H20N2/c1-3-10-21(11-4-1)23-14-7-9-20(17-23)19-26-27-25-16-8-15-24(18-25)22-12-5-2-6-13-22/h1-18H,19H2. The Morgan fingerprint density at radius 2 is 1.04 bits per heavy atom. The van der Waals surface area contributed by atoms with Crippen LogP contribution in [0.15, 0.2) is 119 Å². The second-order valence-corrected chi connectivity index (χ2v) is 6.38. The average molecular weight is 348 g/mol. The molecule has 2 heteroatoms. The van der Waals surface area contributed by atoms with Crippen molar-refractivity contribution < 1.29 is 0 Å². The smallest absolute Gasteiger partial charge is 0.0858 e. The minimum atomic E-state index is 0.566. The minimum Gasteiger partial charge on any atom is -0.184 e. The van der Waals surface area contributed by atoms with Crippen LogP contribution in [0.3, 0.4) is 0 Å². The quantitative estimate of drug-likeness (QED) is 0.338. The molecule has 0 fully saturated rings. The topological polar surface area (TPSA) is 24.7 Å². The highest BCUT2D eigenvalue weighted by molar-refractivity contribution is 5.67. The van der Waals surface area contributed by atoms with E-state index in [2.05, 4.69) is 83.0 Å². The summed E-state index contributed by atoms with van der Waals surface area (Å²) in [5.74, 6) is 0. The molecule has 0 bridgehead atoms. The number of nitrogens with zero attached hydrogens (tertiary/aromatic N) is 2. The fourth-order valence-corrected chi connectivity index (χ4v) is 3.06. The maximum absolute atomic E-state index is 4.42. The Balaban J connectivity index is 1.49. The van der Waals surface area contributed by atoms with E-state index in [-0.39, 0.29) is 0 Å². The lowest BCUT2D eigenvalue weighted by atomic mass is 10.0. The van der Waals surface area contributed by atoms with Crippen LogP contribution in [-0.2, 0) is 6.54 Å². The second kappa shape index (κ2) is 8.24. The highest BCUT2D eigenvalue weighted by Crippen LogP contribution is 2.25. The molecule has 0 radical (unpaired) electrons. The molecule has 0 aromatic heterocycles. The molecule has 0 atom stereocenters. The van der Waals surface area contributed by atoms with E-state index in [1.165, 1.54) is 16.7 Å². The first-order valence-electron chi connectivity index (χ1n) is 9.06. The first-order chi connectivity index (χ1) is 13.4. The van der Waals surface area contributed by atoms with E-state index in [1.54, 1.807) is 0 Å². The van der Waals surface area contributed by atoms with Crippen molar-refractivity contribution in [2.75, 3.05) is 0 Å². The first-order valence-corrected chi connectivity index (χ1v) is 9.06. The van der Waals surface area contributed by atoms with Crippen molar-refractivity contribution in [3.05, 3.63) is 115 Å². The van der Waals surface area contributed by atoms with Gasteiger partial charge in [0.2, 0.25) is 0 Å². The molecule has 0 heterocycles. The van der Waals surface area contributed by atoms with Gasteiger partial charge in [-0.1, -0.05) is 91.0 Å². The Kier molecular flexibility index (Phi) is 5.16. The van der Waals surface area contributed by atoms with E-state index in [0.717, 1.165) is 16.8 Å². The van der Waals surface area contributed by atoms with E-state index < -0.39 is 0 Å². The summed E-state index contributed by atoms with van der Waals surface area (Å²) in [5.41, 5.74) is 6.78. The van der Waals surface area contributed by atoms with Crippen LogP contribution < -0.4 is 0 Å². The lowest BCUT2D eigenvalue weighted by Crippen LogP contribution is -1.83. The van der Waals surface area contributed by atoms with Crippen molar-refractivity contribution >= 4 is 5.69 Å². The van der Waals surface area contributed by atoms with Gasteiger partial charge in [-0.2, -0.15) is 10.2 Å². The molecule has 4 rings (SSSR count). The van der Waals surface area contributed by atoms with Gasteiger partial charge >= 0.3 is 0 Å². The Morgan fingerprint density at radius 3 is 1.70 bits per heavy atom. The van der Waals surface area contributed by atoms with Gasteiger partial charge in [0, 0.05) is 0 Å². The molecule has 0 N–H and O–H groups in total. The van der Waals surface area contributed by atoms with Gasteiger partial charge in [-0.3, -0.25) is 0 Å². The summed E-state index contributed by atoms with van der Waals surface area (Å²) in [6.45, 7) is 0.566. The Bertz CT molecular complexity index is 1040. The summed E-state index contributed by atoms with van der Waals surface area (Å²) in [7, 11) is 0. The number of azo groups is 1. The molecule has 0 aliphatic carbocycles. The lowest BCUT2D eigenvalue weighted by molar-refractivity contribution is 0.960. The van der Waals surface area contributed by atoms with Gasteiger partial charge in [-0.25, -0.2) is 0 Å². The highest BCUT2D eigenvalue weighted by Gasteiger charge is 2.00. The predicted octanol–water partition coefficient (Wildman–Crippen LogP) is 7.30. The molecule has 0 amide bonds. The number of hydrogen-bond donors (Lipinski definition) is 0. The van der Waals surface area contributed by atoms with Crippen LogP contribution in [0.2, 0.25) is 0 Å². The second-order valence-electron chi connectivity index (χ2n) is 6.38. The Hall–Kier alpha value is -3.52. The molecule has 4 aromatic rings. The van der Waals surface area contributed by atoms with Gasteiger partial charge in [0.15, 0.2) is 0 Å². The first kappa shape index (κ1) is 16.9. The molecular weight excluding hydrogens is 328 g/mol. The third kappa shape index (κ3) is 4.36. The van der Waals surface area contributed by atoms with Crippen molar-refractivity contribution in [2.45, 2.75) is 6.54 Å². The summed E-state index contributed by atoms with van der Waals surface area (Å²) in [6, 6.07) is 37.3. The average Bonchev–Trinajstić information content (AvgIpc) is 2.75. The Morgan fingerprint density at radius 1 is 0.481 bits per heavy atom. The monoisotopic (exact) mass is 348 g/mol. The SMILES string of the molecule is c1ccc(-c2cccc(CN=Nc3cccc(-c4ccccc4)c3)c2)cc1. The number of benzene rings is 4. The van der Waals surface area contributed by atoms with E-state index >= 15 is 0 Å². The van der Waals surface area contributed by atoms with Gasteiger partial charge in [0.05, 0.1) is 12.2 Å². The lowest BCUT2D eigenvalue weighted by Gasteiger charge is -2.04. The molecule has 0 saturated carbocycles. The van der Waals surface area contributed by atoms with Crippen LogP contribution in [-0.4, -0.2) is 0 Å². The van der Waals surface area contributed by atoms with E-state index in [1.807, 2.05) is 36.4 Å².